The minimum absolute atomic E-state index is 0.118. The molecule has 1 heterocycles. The van der Waals surface area contributed by atoms with Crippen LogP contribution in [0, 0.1) is 5.92 Å². The SMILES string of the molecule is CC1=CC2C=CC(CC(=O)O)=CC2N1C. The van der Waals surface area contributed by atoms with E-state index < -0.39 is 5.97 Å². The van der Waals surface area contributed by atoms with Crippen molar-refractivity contribution in [3.8, 4) is 0 Å². The summed E-state index contributed by atoms with van der Waals surface area (Å²) in [4.78, 5) is 12.8. The van der Waals surface area contributed by atoms with Gasteiger partial charge in [0.25, 0.3) is 0 Å². The third-order valence-electron chi connectivity index (χ3n) is 3.10. The number of nitrogens with zero attached hydrogens (tertiary/aromatic N) is 1. The molecule has 0 aromatic carbocycles. The molecule has 0 aromatic heterocycles. The maximum absolute atomic E-state index is 10.6. The summed E-state index contributed by atoms with van der Waals surface area (Å²) in [6.07, 6.45) is 8.42. The van der Waals surface area contributed by atoms with E-state index in [1.807, 2.05) is 13.1 Å². The average molecular weight is 205 g/mol. The van der Waals surface area contributed by atoms with Crippen LogP contribution in [0.2, 0.25) is 0 Å². The van der Waals surface area contributed by atoms with E-state index in [9.17, 15) is 4.79 Å². The molecule has 1 aliphatic heterocycles. The van der Waals surface area contributed by atoms with E-state index in [1.54, 1.807) is 0 Å². The first-order valence-electron chi connectivity index (χ1n) is 5.10. The smallest absolute Gasteiger partial charge is 0.307 e. The van der Waals surface area contributed by atoms with Crippen molar-refractivity contribution in [2.45, 2.75) is 19.4 Å². The van der Waals surface area contributed by atoms with Crippen LogP contribution in [0.15, 0.2) is 35.6 Å². The fourth-order valence-corrected chi connectivity index (χ4v) is 2.18. The number of fused-ring (bicyclic) bond motifs is 1. The fraction of sp³-hybridized carbons (Fsp3) is 0.417. The Balaban J connectivity index is 2.17. The first-order valence-corrected chi connectivity index (χ1v) is 5.10. The second-order valence-electron chi connectivity index (χ2n) is 4.16. The van der Waals surface area contributed by atoms with Crippen molar-refractivity contribution in [3.05, 3.63) is 35.6 Å². The predicted octanol–water partition coefficient (Wildman–Crippen LogP) is 1.79. The van der Waals surface area contributed by atoms with Gasteiger partial charge in [0.05, 0.1) is 12.5 Å². The van der Waals surface area contributed by atoms with Gasteiger partial charge < -0.3 is 10.0 Å². The maximum atomic E-state index is 10.6. The molecule has 2 unspecified atom stereocenters. The van der Waals surface area contributed by atoms with Gasteiger partial charge >= 0.3 is 5.97 Å². The zero-order chi connectivity index (χ0) is 11.0. The molecule has 80 valence electrons. The van der Waals surface area contributed by atoms with Crippen LogP contribution >= 0.6 is 0 Å². The van der Waals surface area contributed by atoms with Gasteiger partial charge in [0, 0.05) is 18.7 Å². The molecular weight excluding hydrogens is 190 g/mol. The summed E-state index contributed by atoms with van der Waals surface area (Å²) in [5, 5.41) is 8.72. The standard InChI is InChI=1S/C12H15NO2/c1-8-5-10-4-3-9(7-12(14)15)6-11(10)13(8)2/h3-6,10-11H,7H2,1-2H3,(H,14,15). The highest BCUT2D eigenvalue weighted by Crippen LogP contribution is 2.31. The minimum atomic E-state index is -0.769. The molecule has 15 heavy (non-hydrogen) atoms. The molecule has 0 saturated heterocycles. The first-order chi connectivity index (χ1) is 7.08. The van der Waals surface area contributed by atoms with E-state index in [0.29, 0.717) is 12.0 Å². The second-order valence-corrected chi connectivity index (χ2v) is 4.16. The Labute approximate surface area is 89.4 Å². The molecule has 2 aliphatic rings. The Morgan fingerprint density at radius 3 is 2.93 bits per heavy atom. The van der Waals surface area contributed by atoms with Crippen molar-refractivity contribution in [1.29, 1.82) is 0 Å². The van der Waals surface area contributed by atoms with Crippen LogP contribution in [0.5, 0.6) is 0 Å². The van der Waals surface area contributed by atoms with E-state index >= 15 is 0 Å². The van der Waals surface area contributed by atoms with Crippen molar-refractivity contribution in [3.63, 3.8) is 0 Å². The van der Waals surface area contributed by atoms with Crippen LogP contribution in [0.1, 0.15) is 13.3 Å². The van der Waals surface area contributed by atoms with Gasteiger partial charge in [-0.25, -0.2) is 0 Å². The molecular formula is C12H15NO2. The van der Waals surface area contributed by atoms with E-state index in [2.05, 4.69) is 30.1 Å². The maximum Gasteiger partial charge on any atom is 0.307 e. The van der Waals surface area contributed by atoms with Crippen LogP contribution in [0.3, 0.4) is 0 Å². The van der Waals surface area contributed by atoms with Gasteiger partial charge in [-0.15, -0.1) is 0 Å². The zero-order valence-electron chi connectivity index (χ0n) is 8.97. The Bertz CT molecular complexity index is 379. The molecule has 0 spiro atoms. The van der Waals surface area contributed by atoms with Crippen LogP contribution in [0.4, 0.5) is 0 Å². The summed E-state index contributed by atoms with van der Waals surface area (Å²) in [5.74, 6) is -0.359. The minimum Gasteiger partial charge on any atom is -0.481 e. The lowest BCUT2D eigenvalue weighted by molar-refractivity contribution is -0.136. The molecule has 0 radical (unpaired) electrons. The van der Waals surface area contributed by atoms with Gasteiger partial charge in [0.15, 0.2) is 0 Å². The molecule has 0 aromatic rings. The molecule has 0 fully saturated rings. The number of hydrogen-bond donors (Lipinski definition) is 1. The number of rotatable bonds is 2. The second kappa shape index (κ2) is 3.57. The zero-order valence-corrected chi connectivity index (χ0v) is 8.97. The molecule has 1 N–H and O–H groups in total. The van der Waals surface area contributed by atoms with Crippen molar-refractivity contribution >= 4 is 5.97 Å². The van der Waals surface area contributed by atoms with Crippen LogP contribution < -0.4 is 0 Å². The number of likely N-dealkylation sites (N-methyl/N-ethyl adjacent to an activating group) is 1. The molecule has 3 heteroatoms. The van der Waals surface area contributed by atoms with E-state index in [-0.39, 0.29) is 6.42 Å². The molecule has 0 saturated carbocycles. The molecule has 3 nitrogen and oxygen atoms in total. The Hall–Kier alpha value is -1.51. The number of aliphatic carboxylic acids is 1. The highest BCUT2D eigenvalue weighted by molar-refractivity contribution is 5.71. The monoisotopic (exact) mass is 205 g/mol. The summed E-state index contributed by atoms with van der Waals surface area (Å²) in [5.41, 5.74) is 2.15. The topological polar surface area (TPSA) is 40.5 Å². The average Bonchev–Trinajstić information content (AvgIpc) is 2.43. The Kier molecular flexibility index (Phi) is 2.39. The van der Waals surface area contributed by atoms with Gasteiger partial charge in [-0.2, -0.15) is 0 Å². The van der Waals surface area contributed by atoms with Gasteiger partial charge in [0.2, 0.25) is 0 Å². The van der Waals surface area contributed by atoms with Crippen molar-refractivity contribution in [2.75, 3.05) is 7.05 Å². The largest absolute Gasteiger partial charge is 0.481 e. The summed E-state index contributed by atoms with van der Waals surface area (Å²) in [6, 6.07) is 0.310. The number of allylic oxidation sites excluding steroid dienone is 2. The quantitative estimate of drug-likeness (QED) is 0.747. The van der Waals surface area contributed by atoms with Gasteiger partial charge in [-0.05, 0) is 12.5 Å². The molecule has 0 bridgehead atoms. The summed E-state index contributed by atoms with van der Waals surface area (Å²) in [7, 11) is 2.05. The van der Waals surface area contributed by atoms with Gasteiger partial charge in [0.1, 0.15) is 0 Å². The Morgan fingerprint density at radius 1 is 1.53 bits per heavy atom. The third kappa shape index (κ3) is 1.82. The number of carboxylic acids is 1. The lowest BCUT2D eigenvalue weighted by Gasteiger charge is -2.27. The highest BCUT2D eigenvalue weighted by Gasteiger charge is 2.29. The normalized spacial score (nSPS) is 28.5. The number of carbonyl (C=O) groups is 1. The van der Waals surface area contributed by atoms with Gasteiger partial charge in [-0.3, -0.25) is 4.79 Å². The summed E-state index contributed by atoms with van der Waals surface area (Å²) in [6.45, 7) is 2.08. The van der Waals surface area contributed by atoms with Crippen molar-refractivity contribution in [2.24, 2.45) is 5.92 Å². The molecule has 0 amide bonds. The lowest BCUT2D eigenvalue weighted by Crippen LogP contribution is -2.29. The number of carboxylic acid groups (broad SMARTS) is 1. The predicted molar refractivity (Wildman–Crippen MR) is 58.3 cm³/mol. The molecule has 2 rings (SSSR count). The van der Waals surface area contributed by atoms with Gasteiger partial charge in [-0.1, -0.05) is 24.3 Å². The Morgan fingerprint density at radius 2 is 2.27 bits per heavy atom. The van der Waals surface area contributed by atoms with Crippen molar-refractivity contribution < 1.29 is 9.90 Å². The van der Waals surface area contributed by atoms with Crippen molar-refractivity contribution in [1.82, 2.24) is 4.90 Å². The summed E-state index contributed by atoms with van der Waals surface area (Å²) >= 11 is 0. The van der Waals surface area contributed by atoms with E-state index in [4.69, 9.17) is 5.11 Å². The van der Waals surface area contributed by atoms with Crippen LogP contribution in [-0.2, 0) is 4.79 Å². The molecule has 2 atom stereocenters. The van der Waals surface area contributed by atoms with Crippen LogP contribution in [0.25, 0.3) is 0 Å². The summed E-state index contributed by atoms with van der Waals surface area (Å²) < 4.78 is 0. The first kappa shape index (κ1) is 10.0. The van der Waals surface area contributed by atoms with Crippen LogP contribution in [-0.4, -0.2) is 29.1 Å². The number of hydrogen-bond acceptors (Lipinski definition) is 2. The highest BCUT2D eigenvalue weighted by atomic mass is 16.4. The lowest BCUT2D eigenvalue weighted by atomic mass is 9.92. The molecule has 1 aliphatic carbocycles. The fourth-order valence-electron chi connectivity index (χ4n) is 2.18. The third-order valence-corrected chi connectivity index (χ3v) is 3.10. The van der Waals surface area contributed by atoms with E-state index in [0.717, 1.165) is 5.57 Å². The van der Waals surface area contributed by atoms with E-state index in [1.165, 1.54) is 5.70 Å².